The smallest absolute Gasteiger partial charge is 0.133 e. The molecule has 4 fully saturated rings. The quantitative estimate of drug-likeness (QED) is 0.618. The van der Waals surface area contributed by atoms with Crippen LogP contribution in [0.2, 0.25) is 0 Å². The first-order valence-corrected chi connectivity index (χ1v) is 9.11. The number of alkyl halides is 1. The van der Waals surface area contributed by atoms with Gasteiger partial charge in [-0.05, 0) is 74.0 Å². The molecule has 2 heteroatoms. The van der Waals surface area contributed by atoms with Gasteiger partial charge in [-0.2, -0.15) is 0 Å². The van der Waals surface area contributed by atoms with Crippen molar-refractivity contribution in [1.29, 1.82) is 0 Å². The molecule has 4 rings (SSSR count). The normalized spacial score (nSPS) is 56.5. The van der Waals surface area contributed by atoms with Crippen molar-refractivity contribution in [2.75, 3.05) is 0 Å². The number of rotatable bonds is 0. The van der Waals surface area contributed by atoms with Gasteiger partial charge in [0, 0.05) is 18.3 Å². The number of ketones is 1. The summed E-state index contributed by atoms with van der Waals surface area (Å²) in [6, 6.07) is 0. The van der Waals surface area contributed by atoms with Crippen LogP contribution in [0.3, 0.4) is 0 Å². The molecule has 0 unspecified atom stereocenters. The first-order chi connectivity index (χ1) is 9.95. The fourth-order valence-corrected chi connectivity index (χ4v) is 6.98. The summed E-state index contributed by atoms with van der Waals surface area (Å²) in [6.45, 7) is 4.69. The number of hydrogen-bond donors (Lipinski definition) is 0. The minimum atomic E-state index is -0.568. The van der Waals surface area contributed by atoms with E-state index in [0.29, 0.717) is 23.0 Å². The molecular formula is C19H29FO. The van der Waals surface area contributed by atoms with Gasteiger partial charge in [0.25, 0.3) is 0 Å². The van der Waals surface area contributed by atoms with E-state index in [9.17, 15) is 9.18 Å². The van der Waals surface area contributed by atoms with Crippen LogP contribution in [0.4, 0.5) is 4.39 Å². The Morgan fingerprint density at radius 2 is 1.71 bits per heavy atom. The number of fused-ring (bicyclic) bond motifs is 5. The van der Waals surface area contributed by atoms with Gasteiger partial charge in [-0.15, -0.1) is 0 Å². The SMILES string of the molecule is C[C@]12CCC(=O)C[C@@H]1CC[C@@H]1[C@@H]2CC[C@]2(C)[C@H](F)CC[C@@H]12. The third kappa shape index (κ3) is 1.83. The molecule has 0 amide bonds. The summed E-state index contributed by atoms with van der Waals surface area (Å²) in [5, 5.41) is 0. The molecule has 0 radical (unpaired) electrons. The Kier molecular flexibility index (Phi) is 3.08. The zero-order valence-electron chi connectivity index (χ0n) is 13.5. The van der Waals surface area contributed by atoms with Gasteiger partial charge in [-0.1, -0.05) is 13.8 Å². The molecule has 0 bridgehead atoms. The van der Waals surface area contributed by atoms with Crippen LogP contribution < -0.4 is 0 Å². The van der Waals surface area contributed by atoms with Crippen molar-refractivity contribution in [3.8, 4) is 0 Å². The summed E-state index contributed by atoms with van der Waals surface area (Å²) in [5.41, 5.74) is 0.335. The number of halogens is 1. The van der Waals surface area contributed by atoms with Gasteiger partial charge in [0.15, 0.2) is 0 Å². The van der Waals surface area contributed by atoms with E-state index in [0.717, 1.165) is 50.4 Å². The van der Waals surface area contributed by atoms with Crippen molar-refractivity contribution in [1.82, 2.24) is 0 Å². The van der Waals surface area contributed by atoms with Gasteiger partial charge in [-0.3, -0.25) is 4.79 Å². The molecule has 0 spiro atoms. The molecule has 0 aromatic carbocycles. The minimum absolute atomic E-state index is 0.0329. The fraction of sp³-hybridized carbons (Fsp3) is 0.947. The molecule has 0 aromatic rings. The van der Waals surface area contributed by atoms with Crippen molar-refractivity contribution in [2.45, 2.75) is 77.8 Å². The number of Topliss-reactive ketones (excluding diaryl/α,β-unsaturated/α-hetero) is 1. The molecule has 4 saturated carbocycles. The van der Waals surface area contributed by atoms with E-state index < -0.39 is 6.17 Å². The van der Waals surface area contributed by atoms with Gasteiger partial charge < -0.3 is 0 Å². The van der Waals surface area contributed by atoms with Gasteiger partial charge in [0.2, 0.25) is 0 Å². The van der Waals surface area contributed by atoms with E-state index in [2.05, 4.69) is 13.8 Å². The second kappa shape index (κ2) is 4.55. The maximum atomic E-state index is 14.4. The Hall–Kier alpha value is -0.400. The van der Waals surface area contributed by atoms with Crippen LogP contribution in [0, 0.1) is 34.5 Å². The van der Waals surface area contributed by atoms with Crippen LogP contribution in [0.25, 0.3) is 0 Å². The highest BCUT2D eigenvalue weighted by atomic mass is 19.1. The van der Waals surface area contributed by atoms with Crippen LogP contribution >= 0.6 is 0 Å². The van der Waals surface area contributed by atoms with Crippen molar-refractivity contribution in [3.63, 3.8) is 0 Å². The first kappa shape index (κ1) is 14.2. The summed E-state index contributed by atoms with van der Waals surface area (Å²) in [4.78, 5) is 11.8. The molecule has 0 aliphatic heterocycles. The zero-order chi connectivity index (χ0) is 14.8. The molecule has 0 aromatic heterocycles. The van der Waals surface area contributed by atoms with E-state index >= 15 is 0 Å². The summed E-state index contributed by atoms with van der Waals surface area (Å²) < 4.78 is 14.4. The van der Waals surface area contributed by atoms with Gasteiger partial charge >= 0.3 is 0 Å². The fourth-order valence-electron chi connectivity index (χ4n) is 6.98. The highest BCUT2D eigenvalue weighted by Gasteiger charge is 2.60. The van der Waals surface area contributed by atoms with E-state index in [4.69, 9.17) is 0 Å². The molecule has 4 aliphatic rings. The minimum Gasteiger partial charge on any atom is -0.300 e. The molecule has 21 heavy (non-hydrogen) atoms. The highest BCUT2D eigenvalue weighted by molar-refractivity contribution is 5.79. The van der Waals surface area contributed by atoms with E-state index in [1.54, 1.807) is 0 Å². The summed E-state index contributed by atoms with van der Waals surface area (Å²) in [6.07, 6.45) is 8.81. The molecule has 4 aliphatic carbocycles. The Labute approximate surface area is 128 Å². The van der Waals surface area contributed by atoms with Crippen molar-refractivity contribution >= 4 is 5.78 Å². The van der Waals surface area contributed by atoms with E-state index in [-0.39, 0.29) is 5.41 Å². The van der Waals surface area contributed by atoms with Crippen molar-refractivity contribution < 1.29 is 9.18 Å². The third-order valence-electron chi connectivity index (χ3n) is 8.37. The second-order valence-electron chi connectivity index (χ2n) is 8.99. The Bertz CT molecular complexity index is 460. The van der Waals surface area contributed by atoms with Crippen LogP contribution in [0.1, 0.15) is 71.6 Å². The predicted octanol–water partition coefficient (Wildman–Crippen LogP) is 4.94. The van der Waals surface area contributed by atoms with Crippen LogP contribution in [-0.2, 0) is 4.79 Å². The molecule has 0 saturated heterocycles. The summed E-state index contributed by atoms with van der Waals surface area (Å²) in [5.74, 6) is 3.21. The molecule has 118 valence electrons. The predicted molar refractivity (Wildman–Crippen MR) is 81.6 cm³/mol. The molecule has 1 nitrogen and oxygen atoms in total. The van der Waals surface area contributed by atoms with Crippen molar-refractivity contribution in [2.24, 2.45) is 34.5 Å². The lowest BCUT2D eigenvalue weighted by Crippen LogP contribution is -2.53. The lowest BCUT2D eigenvalue weighted by molar-refractivity contribution is -0.139. The maximum absolute atomic E-state index is 14.4. The third-order valence-corrected chi connectivity index (χ3v) is 8.37. The monoisotopic (exact) mass is 292 g/mol. The molecular weight excluding hydrogens is 263 g/mol. The van der Waals surface area contributed by atoms with Crippen LogP contribution in [0.5, 0.6) is 0 Å². The summed E-state index contributed by atoms with van der Waals surface area (Å²) in [7, 11) is 0. The standard InChI is InChI=1S/C19H29FO/c1-18-9-7-13(21)11-12(18)3-4-14-15-5-6-17(20)19(15,2)10-8-16(14)18/h12,14-17H,3-11H2,1-2H3/t12-,14-,15-,16-,17+,18-,19-/m0/s1. The zero-order valence-corrected chi connectivity index (χ0v) is 13.5. The number of carbonyl (C=O) groups excluding carboxylic acids is 1. The Morgan fingerprint density at radius 1 is 0.952 bits per heavy atom. The summed E-state index contributed by atoms with van der Waals surface area (Å²) >= 11 is 0. The van der Waals surface area contributed by atoms with E-state index in [1.165, 1.54) is 19.3 Å². The van der Waals surface area contributed by atoms with Crippen molar-refractivity contribution in [3.05, 3.63) is 0 Å². The molecule has 0 N–H and O–H groups in total. The van der Waals surface area contributed by atoms with Gasteiger partial charge in [0.1, 0.15) is 12.0 Å². The second-order valence-corrected chi connectivity index (χ2v) is 8.99. The lowest BCUT2D eigenvalue weighted by atomic mass is 9.45. The lowest BCUT2D eigenvalue weighted by Gasteiger charge is -2.59. The Balaban J connectivity index is 1.64. The molecule has 7 atom stereocenters. The van der Waals surface area contributed by atoms with Crippen LogP contribution in [0.15, 0.2) is 0 Å². The van der Waals surface area contributed by atoms with Gasteiger partial charge in [0.05, 0.1) is 0 Å². The number of hydrogen-bond acceptors (Lipinski definition) is 1. The van der Waals surface area contributed by atoms with Gasteiger partial charge in [-0.25, -0.2) is 4.39 Å². The topological polar surface area (TPSA) is 17.1 Å². The average molecular weight is 292 g/mol. The van der Waals surface area contributed by atoms with E-state index in [1.807, 2.05) is 0 Å². The average Bonchev–Trinajstić information content (AvgIpc) is 2.76. The number of carbonyl (C=O) groups is 1. The highest BCUT2D eigenvalue weighted by Crippen LogP contribution is 2.66. The largest absolute Gasteiger partial charge is 0.300 e. The molecule has 0 heterocycles. The first-order valence-electron chi connectivity index (χ1n) is 9.11. The Morgan fingerprint density at radius 3 is 2.52 bits per heavy atom. The van der Waals surface area contributed by atoms with Crippen LogP contribution in [-0.4, -0.2) is 12.0 Å². The maximum Gasteiger partial charge on any atom is 0.133 e.